The third-order valence-electron chi connectivity index (χ3n) is 3.87. The Balaban J connectivity index is 1.97. The molecule has 132 valence electrons. The maximum Gasteiger partial charge on any atom is 0.224 e. The van der Waals surface area contributed by atoms with Crippen molar-refractivity contribution in [2.75, 3.05) is 25.1 Å². The third-order valence-corrected chi connectivity index (χ3v) is 3.87. The standard InChI is InChI=1S/C20H24N2O3/c1-15-9-10-19(25-3)18(13-15)22(16(2)23)12-11-21-20(24)14-17-7-5-4-6-8-17/h4-10,13H,11-12,14H2,1-3H3,(H,21,24). The first-order valence-corrected chi connectivity index (χ1v) is 8.24. The molecule has 25 heavy (non-hydrogen) atoms. The van der Waals surface area contributed by atoms with E-state index in [0.29, 0.717) is 30.9 Å². The van der Waals surface area contributed by atoms with Gasteiger partial charge in [0.1, 0.15) is 5.75 Å². The molecular weight excluding hydrogens is 316 g/mol. The van der Waals surface area contributed by atoms with Crippen molar-refractivity contribution in [1.29, 1.82) is 0 Å². The van der Waals surface area contributed by atoms with E-state index in [9.17, 15) is 9.59 Å². The van der Waals surface area contributed by atoms with Crippen LogP contribution in [0.5, 0.6) is 5.75 Å². The van der Waals surface area contributed by atoms with Gasteiger partial charge in [-0.25, -0.2) is 0 Å². The molecule has 0 heterocycles. The summed E-state index contributed by atoms with van der Waals surface area (Å²) in [6.07, 6.45) is 0.328. The van der Waals surface area contributed by atoms with E-state index in [1.165, 1.54) is 6.92 Å². The minimum Gasteiger partial charge on any atom is -0.495 e. The van der Waals surface area contributed by atoms with Crippen LogP contribution in [0.25, 0.3) is 0 Å². The van der Waals surface area contributed by atoms with E-state index >= 15 is 0 Å². The van der Waals surface area contributed by atoms with E-state index in [-0.39, 0.29) is 11.8 Å². The second kappa shape index (κ2) is 8.87. The Labute approximate surface area is 148 Å². The number of nitrogens with zero attached hydrogens (tertiary/aromatic N) is 1. The molecule has 0 saturated heterocycles. The number of benzene rings is 2. The van der Waals surface area contributed by atoms with E-state index in [1.54, 1.807) is 12.0 Å². The van der Waals surface area contributed by atoms with Crippen LogP contribution < -0.4 is 15.0 Å². The van der Waals surface area contributed by atoms with Crippen molar-refractivity contribution < 1.29 is 14.3 Å². The predicted molar refractivity (Wildman–Crippen MR) is 98.9 cm³/mol. The van der Waals surface area contributed by atoms with Crippen LogP contribution in [0.1, 0.15) is 18.1 Å². The Morgan fingerprint density at radius 3 is 2.48 bits per heavy atom. The molecule has 0 aliphatic rings. The van der Waals surface area contributed by atoms with Gasteiger partial charge < -0.3 is 15.0 Å². The Hall–Kier alpha value is -2.82. The fourth-order valence-corrected chi connectivity index (χ4v) is 2.61. The zero-order valence-corrected chi connectivity index (χ0v) is 14.9. The summed E-state index contributed by atoms with van der Waals surface area (Å²) in [6.45, 7) is 4.23. The van der Waals surface area contributed by atoms with Crippen molar-refractivity contribution in [3.63, 3.8) is 0 Å². The average Bonchev–Trinajstić information content (AvgIpc) is 2.59. The number of nitrogens with one attached hydrogen (secondary N) is 1. The van der Waals surface area contributed by atoms with Gasteiger partial charge >= 0.3 is 0 Å². The van der Waals surface area contributed by atoms with E-state index < -0.39 is 0 Å². The molecule has 5 heteroatoms. The lowest BCUT2D eigenvalue weighted by molar-refractivity contribution is -0.121. The number of hydrogen-bond donors (Lipinski definition) is 1. The molecule has 0 aliphatic heterocycles. The van der Waals surface area contributed by atoms with Crippen LogP contribution in [0.4, 0.5) is 5.69 Å². The fourth-order valence-electron chi connectivity index (χ4n) is 2.61. The summed E-state index contributed by atoms with van der Waals surface area (Å²) < 4.78 is 5.36. The molecule has 0 aromatic heterocycles. The first-order valence-electron chi connectivity index (χ1n) is 8.24. The Morgan fingerprint density at radius 1 is 1.12 bits per heavy atom. The number of carbonyl (C=O) groups excluding carboxylic acids is 2. The minimum absolute atomic E-state index is 0.0640. The molecule has 0 radical (unpaired) electrons. The summed E-state index contributed by atoms with van der Waals surface area (Å²) in [5.41, 5.74) is 2.71. The van der Waals surface area contributed by atoms with Crippen LogP contribution >= 0.6 is 0 Å². The highest BCUT2D eigenvalue weighted by Gasteiger charge is 2.16. The smallest absolute Gasteiger partial charge is 0.224 e. The number of aryl methyl sites for hydroxylation is 1. The number of anilines is 1. The Kier molecular flexibility index (Phi) is 6.57. The largest absolute Gasteiger partial charge is 0.495 e. The second-order valence-corrected chi connectivity index (χ2v) is 5.86. The van der Waals surface area contributed by atoms with E-state index in [1.807, 2.05) is 55.5 Å². The quantitative estimate of drug-likeness (QED) is 0.843. The van der Waals surface area contributed by atoms with Crippen LogP contribution in [0.2, 0.25) is 0 Å². The van der Waals surface area contributed by atoms with Gasteiger partial charge in [-0.15, -0.1) is 0 Å². The molecule has 2 aromatic carbocycles. The van der Waals surface area contributed by atoms with Gasteiger partial charge in [-0.1, -0.05) is 36.4 Å². The van der Waals surface area contributed by atoms with Gasteiger partial charge in [-0.05, 0) is 30.2 Å². The van der Waals surface area contributed by atoms with Crippen LogP contribution in [-0.4, -0.2) is 32.0 Å². The summed E-state index contributed by atoms with van der Waals surface area (Å²) in [4.78, 5) is 25.7. The van der Waals surface area contributed by atoms with Crippen molar-refractivity contribution in [1.82, 2.24) is 5.32 Å². The van der Waals surface area contributed by atoms with Gasteiger partial charge in [-0.3, -0.25) is 9.59 Å². The molecule has 0 aliphatic carbocycles. The maximum atomic E-state index is 12.0. The van der Waals surface area contributed by atoms with Crippen LogP contribution in [0.15, 0.2) is 48.5 Å². The molecule has 0 spiro atoms. The predicted octanol–water partition coefficient (Wildman–Crippen LogP) is 2.72. The van der Waals surface area contributed by atoms with Crippen LogP contribution in [0, 0.1) is 6.92 Å². The lowest BCUT2D eigenvalue weighted by Crippen LogP contribution is -2.38. The van der Waals surface area contributed by atoms with Gasteiger partial charge in [0.2, 0.25) is 11.8 Å². The summed E-state index contributed by atoms with van der Waals surface area (Å²) >= 11 is 0. The lowest BCUT2D eigenvalue weighted by Gasteiger charge is -2.24. The highest BCUT2D eigenvalue weighted by molar-refractivity contribution is 5.93. The average molecular weight is 340 g/mol. The van der Waals surface area contributed by atoms with E-state index in [0.717, 1.165) is 11.1 Å². The number of hydrogen-bond acceptors (Lipinski definition) is 3. The number of methoxy groups -OCH3 is 1. The van der Waals surface area contributed by atoms with Crippen molar-refractivity contribution in [3.8, 4) is 5.75 Å². The topological polar surface area (TPSA) is 58.6 Å². The van der Waals surface area contributed by atoms with Crippen molar-refractivity contribution in [2.24, 2.45) is 0 Å². The molecule has 0 saturated carbocycles. The monoisotopic (exact) mass is 340 g/mol. The fraction of sp³-hybridized carbons (Fsp3) is 0.300. The number of carbonyl (C=O) groups is 2. The normalized spacial score (nSPS) is 10.2. The summed E-state index contributed by atoms with van der Waals surface area (Å²) in [6, 6.07) is 15.2. The van der Waals surface area contributed by atoms with Gasteiger partial charge in [0, 0.05) is 20.0 Å². The lowest BCUT2D eigenvalue weighted by atomic mass is 10.1. The number of ether oxygens (including phenoxy) is 1. The second-order valence-electron chi connectivity index (χ2n) is 5.86. The van der Waals surface area contributed by atoms with Gasteiger partial charge in [0.25, 0.3) is 0 Å². The molecule has 0 unspecified atom stereocenters. The summed E-state index contributed by atoms with van der Waals surface area (Å²) in [5, 5.41) is 2.86. The summed E-state index contributed by atoms with van der Waals surface area (Å²) in [7, 11) is 1.58. The van der Waals surface area contributed by atoms with Gasteiger partial charge in [0.15, 0.2) is 0 Å². The minimum atomic E-state index is -0.0961. The van der Waals surface area contributed by atoms with Crippen LogP contribution in [-0.2, 0) is 16.0 Å². The molecule has 2 rings (SSSR count). The molecule has 5 nitrogen and oxygen atoms in total. The van der Waals surface area contributed by atoms with Gasteiger partial charge in [0.05, 0.1) is 19.2 Å². The van der Waals surface area contributed by atoms with Crippen molar-refractivity contribution in [2.45, 2.75) is 20.3 Å². The molecule has 1 N–H and O–H groups in total. The zero-order chi connectivity index (χ0) is 18.2. The Bertz CT molecular complexity index is 729. The van der Waals surface area contributed by atoms with E-state index in [2.05, 4.69) is 5.32 Å². The molecular formula is C20H24N2O3. The number of rotatable bonds is 7. The van der Waals surface area contributed by atoms with E-state index in [4.69, 9.17) is 4.74 Å². The highest BCUT2D eigenvalue weighted by Crippen LogP contribution is 2.29. The van der Waals surface area contributed by atoms with Crippen molar-refractivity contribution >= 4 is 17.5 Å². The van der Waals surface area contributed by atoms with Crippen molar-refractivity contribution in [3.05, 3.63) is 59.7 Å². The third kappa shape index (κ3) is 5.35. The molecule has 0 bridgehead atoms. The molecule has 2 amide bonds. The number of amides is 2. The zero-order valence-electron chi connectivity index (χ0n) is 14.9. The SMILES string of the molecule is COc1ccc(C)cc1N(CCNC(=O)Cc1ccccc1)C(C)=O. The maximum absolute atomic E-state index is 12.0. The first kappa shape index (κ1) is 18.5. The molecule has 0 fully saturated rings. The first-order chi connectivity index (χ1) is 12.0. The van der Waals surface area contributed by atoms with Crippen LogP contribution in [0.3, 0.4) is 0 Å². The Morgan fingerprint density at radius 2 is 1.84 bits per heavy atom. The highest BCUT2D eigenvalue weighted by atomic mass is 16.5. The summed E-state index contributed by atoms with van der Waals surface area (Å²) in [5.74, 6) is 0.475. The molecule has 0 atom stereocenters. The molecule has 2 aromatic rings. The van der Waals surface area contributed by atoms with Gasteiger partial charge in [-0.2, -0.15) is 0 Å².